The number of rotatable bonds is 15. The summed E-state index contributed by atoms with van der Waals surface area (Å²) in [6.07, 6.45) is 11.3. The molecular weight excluding hydrogens is 646 g/mol. The molecule has 2 aliphatic rings. The Balaban J connectivity index is 1.43. The van der Waals surface area contributed by atoms with Crippen molar-refractivity contribution in [3.8, 4) is 23.3 Å². The van der Waals surface area contributed by atoms with Crippen LogP contribution < -0.4 is 10.5 Å². The van der Waals surface area contributed by atoms with Crippen molar-refractivity contribution in [2.24, 2.45) is 17.8 Å². The van der Waals surface area contributed by atoms with Gasteiger partial charge in [0.1, 0.15) is 11.9 Å². The zero-order valence-corrected chi connectivity index (χ0v) is 29.6. The molecule has 5 rings (SSSR count). The molecule has 9 atom stereocenters. The van der Waals surface area contributed by atoms with Gasteiger partial charge in [0.25, 0.3) is 0 Å². The van der Waals surface area contributed by atoms with Gasteiger partial charge in [0.2, 0.25) is 0 Å². The summed E-state index contributed by atoms with van der Waals surface area (Å²) in [4.78, 5) is 7.41. The Hall–Kier alpha value is -3.85. The van der Waals surface area contributed by atoms with Crippen LogP contribution in [0.2, 0.25) is 0 Å². The Labute approximate surface area is 301 Å². The van der Waals surface area contributed by atoms with E-state index in [1.807, 2.05) is 36.5 Å². The number of phenolic OH excluding ortho intramolecular Hbond substituents is 1. The van der Waals surface area contributed by atoms with Gasteiger partial charge in [-0.3, -0.25) is 0 Å². The summed E-state index contributed by atoms with van der Waals surface area (Å²) >= 11 is 0. The lowest BCUT2D eigenvalue weighted by Crippen LogP contribution is -2.39. The monoisotopic (exact) mass is 701 g/mol. The zero-order valence-electron chi connectivity index (χ0n) is 29.6. The molecule has 0 bridgehead atoms. The molecule has 276 valence electrons. The SMILES string of the molecule is CC[C@@H]1C#C[C@@H]2C=C[C@@H](c3ccc(O)c(O[C@H](C[C@H](Cc4ccc[nH]4)c4ccnc(N)c4)[C@H](O)CCO)c3)C[C@@H](O)[C@H]2[C@@H](OCCO)CCCC1. The van der Waals surface area contributed by atoms with Crippen molar-refractivity contribution in [2.45, 2.75) is 101 Å². The third kappa shape index (κ3) is 10.6. The van der Waals surface area contributed by atoms with Gasteiger partial charge in [0, 0.05) is 54.8 Å². The number of phenols is 1. The van der Waals surface area contributed by atoms with Gasteiger partial charge < -0.3 is 45.7 Å². The molecule has 8 N–H and O–H groups in total. The van der Waals surface area contributed by atoms with Crippen molar-refractivity contribution in [3.63, 3.8) is 0 Å². The Kier molecular flexibility index (Phi) is 14.4. The molecule has 0 spiro atoms. The lowest BCUT2D eigenvalue weighted by molar-refractivity contribution is -0.0602. The number of nitrogens with one attached hydrogen (secondary N) is 1. The fraction of sp³-hybridized carbons (Fsp3) is 0.537. The molecule has 51 heavy (non-hydrogen) atoms. The number of nitrogen functional groups attached to an aromatic ring is 1. The number of hydrogen-bond acceptors (Lipinski definition) is 9. The topological polar surface area (TPSA) is 174 Å². The van der Waals surface area contributed by atoms with Crippen LogP contribution in [0.4, 0.5) is 5.82 Å². The lowest BCUT2D eigenvalue weighted by Gasteiger charge is -2.34. The summed E-state index contributed by atoms with van der Waals surface area (Å²) in [5.41, 5.74) is 8.84. The molecule has 0 aliphatic heterocycles. The summed E-state index contributed by atoms with van der Waals surface area (Å²) in [7, 11) is 0. The van der Waals surface area contributed by atoms with E-state index in [-0.39, 0.29) is 67.5 Å². The van der Waals surface area contributed by atoms with Crippen LogP contribution in [0.15, 0.2) is 67.0 Å². The van der Waals surface area contributed by atoms with Gasteiger partial charge in [-0.15, -0.1) is 0 Å². The summed E-state index contributed by atoms with van der Waals surface area (Å²) in [5, 5.41) is 53.4. The molecule has 10 heteroatoms. The molecule has 0 saturated heterocycles. The second kappa shape index (κ2) is 19.1. The summed E-state index contributed by atoms with van der Waals surface area (Å²) < 4.78 is 12.6. The van der Waals surface area contributed by atoms with Crippen LogP contribution in [0.5, 0.6) is 11.5 Å². The van der Waals surface area contributed by atoms with Crippen LogP contribution in [-0.4, -0.2) is 79.7 Å². The predicted octanol–water partition coefficient (Wildman–Crippen LogP) is 5.22. The van der Waals surface area contributed by atoms with Crippen LogP contribution >= 0.6 is 0 Å². The van der Waals surface area contributed by atoms with Crippen LogP contribution in [-0.2, 0) is 11.2 Å². The third-order valence-corrected chi connectivity index (χ3v) is 10.5. The van der Waals surface area contributed by atoms with E-state index in [0.717, 1.165) is 48.9 Å². The zero-order chi connectivity index (χ0) is 36.2. The van der Waals surface area contributed by atoms with E-state index >= 15 is 0 Å². The Morgan fingerprint density at radius 2 is 1.90 bits per heavy atom. The van der Waals surface area contributed by atoms with Gasteiger partial charge in [-0.05, 0) is 92.0 Å². The molecule has 0 unspecified atom stereocenters. The first kappa shape index (κ1) is 38.4. The highest BCUT2D eigenvalue weighted by atomic mass is 16.5. The van der Waals surface area contributed by atoms with Gasteiger partial charge in [-0.1, -0.05) is 49.8 Å². The average molecular weight is 702 g/mol. The molecule has 0 radical (unpaired) electrons. The number of aromatic nitrogens is 2. The van der Waals surface area contributed by atoms with Gasteiger partial charge in [-0.25, -0.2) is 4.98 Å². The minimum Gasteiger partial charge on any atom is -0.504 e. The largest absolute Gasteiger partial charge is 0.504 e. The fourth-order valence-electron chi connectivity index (χ4n) is 7.63. The molecule has 2 heterocycles. The number of benzene rings is 1. The first-order chi connectivity index (χ1) is 24.8. The molecule has 3 aromatic rings. The Bertz CT molecular complexity index is 1590. The normalized spacial score (nSPS) is 25.4. The van der Waals surface area contributed by atoms with Gasteiger partial charge in [-0.2, -0.15) is 0 Å². The number of nitrogens with two attached hydrogens (primary N) is 1. The quantitative estimate of drug-likeness (QED) is 0.0828. The van der Waals surface area contributed by atoms with Crippen molar-refractivity contribution in [1.82, 2.24) is 9.97 Å². The Morgan fingerprint density at radius 3 is 2.65 bits per heavy atom. The third-order valence-electron chi connectivity index (χ3n) is 10.5. The fourth-order valence-corrected chi connectivity index (χ4v) is 7.63. The van der Waals surface area contributed by atoms with Crippen molar-refractivity contribution in [3.05, 3.63) is 83.8 Å². The maximum atomic E-state index is 11.8. The van der Waals surface area contributed by atoms with Gasteiger partial charge >= 0.3 is 0 Å². The molecule has 10 nitrogen and oxygen atoms in total. The smallest absolute Gasteiger partial charge is 0.161 e. The Morgan fingerprint density at radius 1 is 1.06 bits per heavy atom. The van der Waals surface area contributed by atoms with Crippen molar-refractivity contribution in [1.29, 1.82) is 0 Å². The summed E-state index contributed by atoms with van der Waals surface area (Å²) in [5.74, 6) is 7.03. The second-order valence-electron chi connectivity index (χ2n) is 14.0. The maximum Gasteiger partial charge on any atom is 0.161 e. The summed E-state index contributed by atoms with van der Waals surface area (Å²) in [6, 6.07) is 12.9. The molecule has 0 saturated carbocycles. The number of fused-ring (bicyclic) bond motifs is 1. The molecule has 0 fully saturated rings. The molecule has 2 aromatic heterocycles. The van der Waals surface area contributed by atoms with Gasteiger partial charge in [0.05, 0.1) is 31.5 Å². The number of hydrogen-bond donors (Lipinski definition) is 7. The standard InChI is InChI=1S/C41H55N3O7/c1-2-27-6-3-4-8-37(50-21-20-46)41-28(10-9-27)11-12-29(23-36(41)49)30-13-14-34(47)38(24-30)51-39(35(48)16-19-45)25-32(22-33-7-5-17-43-33)31-15-18-44-40(42)26-31/h5,7,11-15,17-18,24,26-29,32,35-37,39,41,43,45-49H,2-4,6,8,16,19-23,25H2,1H3,(H2,42,44)/t27-,28+,29+,32-,35+,36+,37-,39+,41-/m0/s1. The molecule has 2 aliphatic carbocycles. The van der Waals surface area contributed by atoms with Crippen LogP contribution in [0.1, 0.15) is 86.9 Å². The number of pyridine rings is 1. The van der Waals surface area contributed by atoms with Crippen molar-refractivity contribution in [2.75, 3.05) is 25.6 Å². The lowest BCUT2D eigenvalue weighted by atomic mass is 9.79. The maximum absolute atomic E-state index is 11.8. The van der Waals surface area contributed by atoms with Crippen LogP contribution in [0, 0.1) is 29.6 Å². The number of aromatic amines is 1. The number of aliphatic hydroxyl groups excluding tert-OH is 4. The highest BCUT2D eigenvalue weighted by Crippen LogP contribution is 2.40. The average Bonchev–Trinajstić information content (AvgIpc) is 3.58. The van der Waals surface area contributed by atoms with Crippen molar-refractivity contribution >= 4 is 5.82 Å². The molecule has 0 amide bonds. The highest BCUT2D eigenvalue weighted by molar-refractivity contribution is 5.44. The number of aliphatic hydroxyl groups is 4. The number of H-pyrrole nitrogens is 1. The number of aromatic hydroxyl groups is 1. The number of nitrogens with zero attached hydrogens (tertiary/aromatic N) is 1. The second-order valence-corrected chi connectivity index (χ2v) is 14.0. The predicted molar refractivity (Wildman–Crippen MR) is 197 cm³/mol. The van der Waals surface area contributed by atoms with E-state index in [1.54, 1.807) is 18.3 Å². The van der Waals surface area contributed by atoms with E-state index in [2.05, 4.69) is 40.9 Å². The minimum atomic E-state index is -1.02. The van der Waals surface area contributed by atoms with E-state index in [9.17, 15) is 25.5 Å². The van der Waals surface area contributed by atoms with E-state index < -0.39 is 18.3 Å². The number of allylic oxidation sites excluding steroid dienone is 2. The van der Waals surface area contributed by atoms with E-state index in [4.69, 9.17) is 15.2 Å². The van der Waals surface area contributed by atoms with Crippen molar-refractivity contribution < 1.29 is 35.0 Å². The molecular formula is C41H55N3O7. The number of anilines is 1. The van der Waals surface area contributed by atoms with Crippen LogP contribution in [0.3, 0.4) is 0 Å². The summed E-state index contributed by atoms with van der Waals surface area (Å²) in [6.45, 7) is 2.06. The highest BCUT2D eigenvalue weighted by Gasteiger charge is 2.38. The van der Waals surface area contributed by atoms with Crippen LogP contribution in [0.25, 0.3) is 0 Å². The minimum absolute atomic E-state index is 0.0738. The van der Waals surface area contributed by atoms with E-state index in [1.165, 1.54) is 0 Å². The first-order valence-electron chi connectivity index (χ1n) is 18.5. The first-order valence-corrected chi connectivity index (χ1v) is 18.5. The molecule has 1 aromatic carbocycles. The number of ether oxygens (including phenoxy) is 2. The van der Waals surface area contributed by atoms with E-state index in [0.29, 0.717) is 31.0 Å². The van der Waals surface area contributed by atoms with Gasteiger partial charge in [0.15, 0.2) is 11.5 Å².